The zero-order valence-electron chi connectivity index (χ0n) is 23.3. The average Bonchev–Trinajstić information content (AvgIpc) is 2.94. The molecule has 0 aromatic heterocycles. The van der Waals surface area contributed by atoms with E-state index in [1.165, 1.54) is 10.6 Å². The molecule has 1 unspecified atom stereocenters. The molecule has 3 aromatic rings. The number of aryl methyl sites for hydroxylation is 1. The molecular weight excluding hydrogens is 590 g/mol. The van der Waals surface area contributed by atoms with Crippen LogP contribution in [-0.4, -0.2) is 50.5 Å². The van der Waals surface area contributed by atoms with Gasteiger partial charge in [-0.15, -0.1) is 0 Å². The first-order chi connectivity index (χ1) is 19.1. The molecule has 0 spiro atoms. The minimum Gasteiger partial charge on any atom is -0.355 e. The lowest BCUT2D eigenvalue weighted by molar-refractivity contribution is -0.141. The number of halogens is 1. The summed E-state index contributed by atoms with van der Waals surface area (Å²) in [6, 6.07) is 24.0. The van der Waals surface area contributed by atoms with Crippen LogP contribution in [0.3, 0.4) is 0 Å². The van der Waals surface area contributed by atoms with E-state index in [9.17, 15) is 18.0 Å². The van der Waals surface area contributed by atoms with Gasteiger partial charge < -0.3 is 10.2 Å². The maximum atomic E-state index is 13.8. The van der Waals surface area contributed by atoms with Gasteiger partial charge in [-0.1, -0.05) is 77.5 Å². The molecule has 0 aliphatic carbocycles. The molecule has 1 atom stereocenters. The SMILES string of the molecule is CCNC(=O)C(Cc1ccccc1)N(Cc1ccc(Br)cc1)C(=O)CCCN(c1ccc(CC)cc1)S(C)(=O)=O. The predicted molar refractivity (Wildman–Crippen MR) is 165 cm³/mol. The Morgan fingerprint density at radius 1 is 0.875 bits per heavy atom. The molecule has 40 heavy (non-hydrogen) atoms. The fraction of sp³-hybridized carbons (Fsp3) is 0.355. The molecule has 0 saturated carbocycles. The number of sulfonamides is 1. The van der Waals surface area contributed by atoms with Crippen molar-refractivity contribution < 1.29 is 18.0 Å². The highest BCUT2D eigenvalue weighted by atomic mass is 79.9. The van der Waals surface area contributed by atoms with Crippen molar-refractivity contribution in [3.05, 3.63) is 100 Å². The second kappa shape index (κ2) is 15.0. The van der Waals surface area contributed by atoms with Crippen molar-refractivity contribution in [2.24, 2.45) is 0 Å². The summed E-state index contributed by atoms with van der Waals surface area (Å²) in [5.74, 6) is -0.421. The first-order valence-corrected chi connectivity index (χ1v) is 16.2. The van der Waals surface area contributed by atoms with Crippen LogP contribution in [0.5, 0.6) is 0 Å². The lowest BCUT2D eigenvalue weighted by Gasteiger charge is -2.32. The van der Waals surface area contributed by atoms with E-state index in [1.54, 1.807) is 17.0 Å². The number of likely N-dealkylation sites (N-methyl/N-ethyl adjacent to an activating group) is 1. The van der Waals surface area contributed by atoms with Crippen molar-refractivity contribution in [1.29, 1.82) is 0 Å². The molecule has 7 nitrogen and oxygen atoms in total. The van der Waals surface area contributed by atoms with Gasteiger partial charge >= 0.3 is 0 Å². The number of hydrogen-bond acceptors (Lipinski definition) is 4. The number of anilines is 1. The average molecular weight is 629 g/mol. The van der Waals surface area contributed by atoms with Gasteiger partial charge in [0.15, 0.2) is 0 Å². The summed E-state index contributed by atoms with van der Waals surface area (Å²) >= 11 is 3.45. The third-order valence-corrected chi connectivity index (χ3v) is 8.40. The Kier molecular flexibility index (Phi) is 11.8. The van der Waals surface area contributed by atoms with E-state index in [1.807, 2.05) is 80.6 Å². The second-order valence-corrected chi connectivity index (χ2v) is 12.5. The standard InChI is InChI=1S/C31H38BrN3O4S/c1-4-24-15-19-28(20-16-24)35(40(3,38)39)21-9-12-30(36)34(23-26-13-17-27(32)18-14-26)29(31(37)33-5-2)22-25-10-7-6-8-11-25/h6-8,10-11,13-20,29H,4-5,9,12,21-23H2,1-3H3,(H,33,37). The van der Waals surface area contributed by atoms with E-state index in [-0.39, 0.29) is 31.3 Å². The summed E-state index contributed by atoms with van der Waals surface area (Å²) < 4.78 is 27.5. The van der Waals surface area contributed by atoms with Crippen LogP contribution in [0, 0.1) is 0 Å². The Bertz CT molecular complexity index is 1350. The molecule has 0 aliphatic heterocycles. The largest absolute Gasteiger partial charge is 0.355 e. The second-order valence-electron chi connectivity index (χ2n) is 9.71. The van der Waals surface area contributed by atoms with Gasteiger partial charge in [0, 0.05) is 36.9 Å². The van der Waals surface area contributed by atoms with Crippen LogP contribution < -0.4 is 9.62 Å². The number of carbonyl (C=O) groups is 2. The third-order valence-electron chi connectivity index (χ3n) is 6.67. The minimum atomic E-state index is -3.55. The van der Waals surface area contributed by atoms with Crippen molar-refractivity contribution in [3.8, 4) is 0 Å². The molecule has 3 aromatic carbocycles. The Balaban J connectivity index is 1.84. The van der Waals surface area contributed by atoms with E-state index in [2.05, 4.69) is 21.2 Å². The first kappa shape index (κ1) is 31.4. The zero-order chi connectivity index (χ0) is 29.1. The molecule has 2 amide bonds. The van der Waals surface area contributed by atoms with Crippen LogP contribution in [-0.2, 0) is 39.0 Å². The van der Waals surface area contributed by atoms with Crippen LogP contribution in [0.25, 0.3) is 0 Å². The van der Waals surface area contributed by atoms with Crippen LogP contribution in [0.4, 0.5) is 5.69 Å². The maximum absolute atomic E-state index is 13.8. The van der Waals surface area contributed by atoms with Crippen molar-refractivity contribution in [2.45, 2.75) is 52.1 Å². The highest BCUT2D eigenvalue weighted by Crippen LogP contribution is 2.21. The molecule has 0 bridgehead atoms. The summed E-state index contributed by atoms with van der Waals surface area (Å²) in [6.45, 7) is 4.76. The maximum Gasteiger partial charge on any atom is 0.243 e. The van der Waals surface area contributed by atoms with Crippen molar-refractivity contribution in [1.82, 2.24) is 10.2 Å². The smallest absolute Gasteiger partial charge is 0.243 e. The van der Waals surface area contributed by atoms with Crippen molar-refractivity contribution in [3.63, 3.8) is 0 Å². The number of nitrogens with zero attached hydrogens (tertiary/aromatic N) is 2. The summed E-state index contributed by atoms with van der Waals surface area (Å²) in [5, 5.41) is 2.89. The molecule has 9 heteroatoms. The number of rotatable bonds is 14. The van der Waals surface area contributed by atoms with E-state index in [0.717, 1.165) is 27.6 Å². The molecule has 0 saturated heterocycles. The number of benzene rings is 3. The quantitative estimate of drug-likeness (QED) is 0.262. The summed E-state index contributed by atoms with van der Waals surface area (Å²) in [5.41, 5.74) is 3.53. The zero-order valence-corrected chi connectivity index (χ0v) is 25.7. The van der Waals surface area contributed by atoms with E-state index < -0.39 is 16.1 Å². The molecule has 0 radical (unpaired) electrons. The van der Waals surface area contributed by atoms with Crippen LogP contribution in [0.1, 0.15) is 43.4 Å². The van der Waals surface area contributed by atoms with Gasteiger partial charge in [0.2, 0.25) is 21.8 Å². The van der Waals surface area contributed by atoms with Crippen molar-refractivity contribution >= 4 is 43.5 Å². The van der Waals surface area contributed by atoms with Gasteiger partial charge in [-0.25, -0.2) is 8.42 Å². The highest BCUT2D eigenvalue weighted by molar-refractivity contribution is 9.10. The molecule has 1 N–H and O–H groups in total. The number of nitrogens with one attached hydrogen (secondary N) is 1. The van der Waals surface area contributed by atoms with E-state index >= 15 is 0 Å². The van der Waals surface area contributed by atoms with E-state index in [4.69, 9.17) is 0 Å². The molecular formula is C31H38BrN3O4S. The molecule has 0 fully saturated rings. The third kappa shape index (κ3) is 9.20. The molecule has 0 aliphatic rings. The van der Waals surface area contributed by atoms with Crippen LogP contribution in [0.2, 0.25) is 0 Å². The Morgan fingerprint density at radius 2 is 1.50 bits per heavy atom. The van der Waals surface area contributed by atoms with Crippen LogP contribution >= 0.6 is 15.9 Å². The number of amides is 2. The summed E-state index contributed by atoms with van der Waals surface area (Å²) in [6.07, 6.45) is 2.81. The Hall–Kier alpha value is -3.17. The van der Waals surface area contributed by atoms with Gasteiger partial charge in [0.05, 0.1) is 11.9 Å². The molecule has 0 heterocycles. The first-order valence-electron chi connectivity index (χ1n) is 13.5. The molecule has 3 rings (SSSR count). The summed E-state index contributed by atoms with van der Waals surface area (Å²) in [7, 11) is -3.55. The van der Waals surface area contributed by atoms with Crippen molar-refractivity contribution in [2.75, 3.05) is 23.7 Å². The van der Waals surface area contributed by atoms with Crippen LogP contribution in [0.15, 0.2) is 83.3 Å². The number of carbonyl (C=O) groups excluding carboxylic acids is 2. The summed E-state index contributed by atoms with van der Waals surface area (Å²) in [4.78, 5) is 28.7. The van der Waals surface area contributed by atoms with Gasteiger partial charge in [-0.3, -0.25) is 13.9 Å². The van der Waals surface area contributed by atoms with E-state index in [0.29, 0.717) is 25.1 Å². The lowest BCUT2D eigenvalue weighted by Crippen LogP contribution is -2.50. The molecule has 214 valence electrons. The fourth-order valence-electron chi connectivity index (χ4n) is 4.53. The number of hydrogen-bond donors (Lipinski definition) is 1. The van der Waals surface area contributed by atoms with Gasteiger partial charge in [-0.05, 0) is 60.7 Å². The predicted octanol–water partition coefficient (Wildman–Crippen LogP) is 5.33. The normalized spacial score (nSPS) is 12.0. The lowest BCUT2D eigenvalue weighted by atomic mass is 10.0. The fourth-order valence-corrected chi connectivity index (χ4v) is 5.76. The Morgan fingerprint density at radius 3 is 2.08 bits per heavy atom. The monoisotopic (exact) mass is 627 g/mol. The highest BCUT2D eigenvalue weighted by Gasteiger charge is 2.30. The minimum absolute atomic E-state index is 0.0975. The van der Waals surface area contributed by atoms with Gasteiger partial charge in [-0.2, -0.15) is 0 Å². The Labute approximate surface area is 246 Å². The topological polar surface area (TPSA) is 86.8 Å². The van der Waals surface area contributed by atoms with Gasteiger partial charge in [0.1, 0.15) is 6.04 Å². The van der Waals surface area contributed by atoms with Gasteiger partial charge in [0.25, 0.3) is 0 Å².